The summed E-state index contributed by atoms with van der Waals surface area (Å²) in [4.78, 5) is 20.5. The van der Waals surface area contributed by atoms with E-state index >= 15 is 0 Å². The van der Waals surface area contributed by atoms with Crippen molar-refractivity contribution in [2.75, 3.05) is 0 Å². The first-order valence-corrected chi connectivity index (χ1v) is 6.29. The van der Waals surface area contributed by atoms with Crippen LogP contribution in [0.5, 0.6) is 5.75 Å². The summed E-state index contributed by atoms with van der Waals surface area (Å²) in [5.41, 5.74) is 1.69. The van der Waals surface area contributed by atoms with Crippen LogP contribution in [0.25, 0.3) is 5.65 Å². The largest absolute Gasteiger partial charge is 0.420 e. The van der Waals surface area contributed by atoms with Gasteiger partial charge in [0.1, 0.15) is 5.65 Å². The number of halogens is 1. The van der Waals surface area contributed by atoms with E-state index in [4.69, 9.17) is 16.3 Å². The van der Waals surface area contributed by atoms with Gasteiger partial charge < -0.3 is 4.74 Å². The van der Waals surface area contributed by atoms with E-state index in [1.54, 1.807) is 17.5 Å². The summed E-state index contributed by atoms with van der Waals surface area (Å²) in [6.07, 6.45) is 4.67. The van der Waals surface area contributed by atoms with E-state index in [0.29, 0.717) is 27.8 Å². The van der Waals surface area contributed by atoms with Crippen LogP contribution in [-0.4, -0.2) is 20.3 Å². The first kappa shape index (κ1) is 12.6. The fourth-order valence-corrected chi connectivity index (χ4v) is 2.13. The van der Waals surface area contributed by atoms with Crippen molar-refractivity contribution in [3.05, 3.63) is 59.3 Å². The fourth-order valence-electron chi connectivity index (χ4n) is 1.96. The van der Waals surface area contributed by atoms with Crippen LogP contribution in [-0.2, 0) is 0 Å². The minimum atomic E-state index is -0.495. The molecule has 0 spiro atoms. The number of aryl methyl sites for hydroxylation is 1. The molecule has 0 amide bonds. The summed E-state index contributed by atoms with van der Waals surface area (Å²) in [6, 6.07) is 7.04. The van der Waals surface area contributed by atoms with Crippen LogP contribution in [0.1, 0.15) is 16.2 Å². The molecule has 100 valence electrons. The summed E-state index contributed by atoms with van der Waals surface area (Å²) >= 11 is 5.81. The molecule has 3 aromatic rings. The van der Waals surface area contributed by atoms with Gasteiger partial charge in [0.15, 0.2) is 11.4 Å². The molecule has 0 aromatic carbocycles. The minimum absolute atomic E-state index is 0.299. The third kappa shape index (κ3) is 2.23. The minimum Gasteiger partial charge on any atom is -0.420 e. The Kier molecular flexibility index (Phi) is 3.12. The van der Waals surface area contributed by atoms with Crippen LogP contribution in [0.4, 0.5) is 0 Å². The number of ether oxygens (including phenoxy) is 1. The lowest BCUT2D eigenvalue weighted by Crippen LogP contribution is -2.12. The number of hydrogen-bond acceptors (Lipinski definition) is 4. The molecular formula is C14H10ClN3O2. The summed E-state index contributed by atoms with van der Waals surface area (Å²) < 4.78 is 6.97. The lowest BCUT2D eigenvalue weighted by Gasteiger charge is -2.04. The average Bonchev–Trinajstić information content (AvgIpc) is 2.74. The Morgan fingerprint density at radius 3 is 3.00 bits per heavy atom. The summed E-state index contributed by atoms with van der Waals surface area (Å²) in [7, 11) is 0. The van der Waals surface area contributed by atoms with E-state index in [9.17, 15) is 4.79 Å². The quantitative estimate of drug-likeness (QED) is 0.680. The molecule has 0 N–H and O–H groups in total. The molecule has 3 heterocycles. The van der Waals surface area contributed by atoms with E-state index < -0.39 is 5.97 Å². The Hall–Kier alpha value is -2.40. The van der Waals surface area contributed by atoms with E-state index in [0.717, 1.165) is 0 Å². The second-order valence-electron chi connectivity index (χ2n) is 4.20. The molecule has 0 bridgehead atoms. The van der Waals surface area contributed by atoms with Gasteiger partial charge in [-0.3, -0.25) is 9.38 Å². The summed E-state index contributed by atoms with van der Waals surface area (Å²) in [5.74, 6) is -0.196. The predicted molar refractivity (Wildman–Crippen MR) is 74.1 cm³/mol. The second-order valence-corrected chi connectivity index (χ2v) is 4.64. The van der Waals surface area contributed by atoms with Crippen LogP contribution < -0.4 is 4.74 Å². The van der Waals surface area contributed by atoms with Gasteiger partial charge in [-0.15, -0.1) is 0 Å². The molecule has 5 nitrogen and oxygen atoms in total. The molecule has 3 rings (SSSR count). The zero-order valence-corrected chi connectivity index (χ0v) is 11.3. The van der Waals surface area contributed by atoms with Crippen LogP contribution in [0, 0.1) is 6.92 Å². The molecule has 0 aliphatic carbocycles. The highest BCUT2D eigenvalue weighted by Gasteiger charge is 2.18. The Morgan fingerprint density at radius 1 is 1.35 bits per heavy atom. The fraction of sp³-hybridized carbons (Fsp3) is 0.0714. The number of aromatic nitrogens is 3. The van der Waals surface area contributed by atoms with Crippen molar-refractivity contribution < 1.29 is 9.53 Å². The number of carbonyl (C=O) groups is 1. The van der Waals surface area contributed by atoms with Crippen LogP contribution in [0.3, 0.4) is 0 Å². The molecule has 0 saturated heterocycles. The topological polar surface area (TPSA) is 56.5 Å². The lowest BCUT2D eigenvalue weighted by molar-refractivity contribution is 0.0726. The summed E-state index contributed by atoms with van der Waals surface area (Å²) in [6.45, 7) is 1.76. The van der Waals surface area contributed by atoms with Crippen molar-refractivity contribution in [1.29, 1.82) is 0 Å². The molecule has 0 radical (unpaired) electrons. The first-order chi connectivity index (χ1) is 9.65. The Labute approximate surface area is 119 Å². The smallest absolute Gasteiger partial charge is 0.362 e. The summed E-state index contributed by atoms with van der Waals surface area (Å²) in [5, 5.41) is 0.408. The highest BCUT2D eigenvalue weighted by molar-refractivity contribution is 6.30. The Bertz CT molecular complexity index is 798. The third-order valence-electron chi connectivity index (χ3n) is 2.79. The van der Waals surface area contributed by atoms with E-state index in [1.165, 1.54) is 18.5 Å². The van der Waals surface area contributed by atoms with E-state index in [1.807, 2.05) is 18.2 Å². The van der Waals surface area contributed by atoms with Crippen molar-refractivity contribution in [1.82, 2.24) is 14.4 Å². The second kappa shape index (κ2) is 4.94. The van der Waals surface area contributed by atoms with Gasteiger partial charge in [0, 0.05) is 18.5 Å². The van der Waals surface area contributed by atoms with Crippen molar-refractivity contribution in [3.63, 3.8) is 0 Å². The number of fused-ring (bicyclic) bond motifs is 1. The molecule has 0 saturated carbocycles. The van der Waals surface area contributed by atoms with Crippen LogP contribution >= 0.6 is 11.6 Å². The van der Waals surface area contributed by atoms with Gasteiger partial charge in [-0.05, 0) is 19.1 Å². The number of pyridine rings is 2. The SMILES string of the molecule is Cc1nc2ccccn2c1C(=O)Oc1cncc(Cl)c1. The molecule has 0 unspecified atom stereocenters. The molecule has 20 heavy (non-hydrogen) atoms. The standard InChI is InChI=1S/C14H10ClN3O2/c1-9-13(18-5-3-2-4-12(18)17-9)14(19)20-11-6-10(15)7-16-8-11/h2-8H,1H3. The maximum Gasteiger partial charge on any atom is 0.362 e. The van der Waals surface area contributed by atoms with E-state index in [-0.39, 0.29) is 0 Å². The highest BCUT2D eigenvalue weighted by atomic mass is 35.5. The first-order valence-electron chi connectivity index (χ1n) is 5.91. The number of hydrogen-bond donors (Lipinski definition) is 0. The number of imidazole rings is 1. The van der Waals surface area contributed by atoms with Crippen molar-refractivity contribution in [3.8, 4) is 5.75 Å². The Morgan fingerprint density at radius 2 is 2.20 bits per heavy atom. The van der Waals surface area contributed by atoms with Gasteiger partial charge in [0.05, 0.1) is 16.9 Å². The molecule has 0 atom stereocenters. The van der Waals surface area contributed by atoms with Gasteiger partial charge >= 0.3 is 5.97 Å². The normalized spacial score (nSPS) is 10.7. The number of nitrogens with zero attached hydrogens (tertiary/aromatic N) is 3. The highest BCUT2D eigenvalue weighted by Crippen LogP contribution is 2.18. The maximum atomic E-state index is 12.3. The van der Waals surface area contributed by atoms with Gasteiger partial charge in [0.2, 0.25) is 0 Å². The molecular weight excluding hydrogens is 278 g/mol. The molecule has 0 aliphatic heterocycles. The molecule has 3 aromatic heterocycles. The zero-order chi connectivity index (χ0) is 14.1. The van der Waals surface area contributed by atoms with Gasteiger partial charge in [-0.2, -0.15) is 0 Å². The number of esters is 1. The predicted octanol–water partition coefficient (Wildman–Crippen LogP) is 2.91. The van der Waals surface area contributed by atoms with Crippen LogP contribution in [0.15, 0.2) is 42.9 Å². The Balaban J connectivity index is 1.99. The van der Waals surface area contributed by atoms with Crippen molar-refractivity contribution in [2.45, 2.75) is 6.92 Å². The number of carbonyl (C=O) groups excluding carboxylic acids is 1. The molecule has 0 aliphatic rings. The van der Waals surface area contributed by atoms with Gasteiger partial charge in [-0.1, -0.05) is 17.7 Å². The lowest BCUT2D eigenvalue weighted by atomic mass is 10.3. The van der Waals surface area contributed by atoms with E-state index in [2.05, 4.69) is 9.97 Å². The zero-order valence-electron chi connectivity index (χ0n) is 10.6. The third-order valence-corrected chi connectivity index (χ3v) is 2.99. The van der Waals surface area contributed by atoms with Gasteiger partial charge in [0.25, 0.3) is 0 Å². The van der Waals surface area contributed by atoms with Crippen molar-refractivity contribution in [2.24, 2.45) is 0 Å². The van der Waals surface area contributed by atoms with Gasteiger partial charge in [-0.25, -0.2) is 9.78 Å². The number of rotatable bonds is 2. The van der Waals surface area contributed by atoms with Crippen molar-refractivity contribution >= 4 is 23.2 Å². The molecule has 0 fully saturated rings. The average molecular weight is 288 g/mol. The molecule has 6 heteroatoms. The van der Waals surface area contributed by atoms with Crippen LogP contribution in [0.2, 0.25) is 5.02 Å². The maximum absolute atomic E-state index is 12.3. The monoisotopic (exact) mass is 287 g/mol.